The minimum Gasteiger partial charge on any atom is -0.355 e. The molecule has 0 saturated heterocycles. The van der Waals surface area contributed by atoms with E-state index >= 15 is 0 Å². The molecule has 0 amide bonds. The summed E-state index contributed by atoms with van der Waals surface area (Å²) in [5.41, 5.74) is 6.64. The smallest absolute Gasteiger partial charge is 0.191 e. The zero-order valence-electron chi connectivity index (χ0n) is 20.4. The maximum atomic E-state index is 4.55. The first-order valence-electron chi connectivity index (χ1n) is 11.6. The summed E-state index contributed by atoms with van der Waals surface area (Å²) in [4.78, 5) is 7.11. The van der Waals surface area contributed by atoms with Gasteiger partial charge >= 0.3 is 0 Å². The van der Waals surface area contributed by atoms with Gasteiger partial charge in [0, 0.05) is 51.5 Å². The fraction of sp³-hybridized carbons (Fsp3) is 0.600. The van der Waals surface area contributed by atoms with E-state index < -0.39 is 0 Å². The topological polar surface area (TPSA) is 57.5 Å². The molecule has 3 rings (SSSR count). The number of aryl methyl sites for hydroxylation is 2. The standard InChI is InChI=1S/C25H40N6/c1-17(2)24(31-13-12-21-10-8-9-11-22(21)16-31)15-27-25(26-6)28-18(3)14-23-19(4)29-30(7)20(23)5/h8-11,17-18,24H,12-16H2,1-7H3,(H2,26,27,28). The summed E-state index contributed by atoms with van der Waals surface area (Å²) in [6.45, 7) is 14.1. The van der Waals surface area contributed by atoms with E-state index in [-0.39, 0.29) is 6.04 Å². The van der Waals surface area contributed by atoms with E-state index in [1.54, 1.807) is 0 Å². The van der Waals surface area contributed by atoms with Gasteiger partial charge in [-0.25, -0.2) is 0 Å². The van der Waals surface area contributed by atoms with E-state index in [1.807, 2.05) is 18.8 Å². The minimum atomic E-state index is 0.271. The molecular formula is C25H40N6. The fourth-order valence-electron chi connectivity index (χ4n) is 4.69. The molecule has 170 valence electrons. The van der Waals surface area contributed by atoms with Crippen molar-refractivity contribution in [1.29, 1.82) is 0 Å². The van der Waals surface area contributed by atoms with Crippen molar-refractivity contribution < 1.29 is 0 Å². The van der Waals surface area contributed by atoms with Crippen molar-refractivity contribution in [2.45, 2.75) is 66.1 Å². The van der Waals surface area contributed by atoms with Crippen LogP contribution in [0.25, 0.3) is 0 Å². The number of hydrogen-bond donors (Lipinski definition) is 2. The van der Waals surface area contributed by atoms with Crippen molar-refractivity contribution in [2.24, 2.45) is 18.0 Å². The molecule has 0 radical (unpaired) electrons. The molecule has 1 aliphatic heterocycles. The zero-order chi connectivity index (χ0) is 22.5. The van der Waals surface area contributed by atoms with Crippen LogP contribution in [0.5, 0.6) is 0 Å². The van der Waals surface area contributed by atoms with Crippen LogP contribution in [0.1, 0.15) is 48.8 Å². The quantitative estimate of drug-likeness (QED) is 0.529. The lowest BCUT2D eigenvalue weighted by Gasteiger charge is -2.38. The Labute approximate surface area is 188 Å². The van der Waals surface area contributed by atoms with E-state index in [4.69, 9.17) is 0 Å². The highest BCUT2D eigenvalue weighted by Gasteiger charge is 2.26. The second kappa shape index (κ2) is 10.3. The summed E-state index contributed by atoms with van der Waals surface area (Å²) in [5, 5.41) is 11.7. The van der Waals surface area contributed by atoms with Gasteiger partial charge in [-0.2, -0.15) is 5.10 Å². The number of aromatic nitrogens is 2. The summed E-state index contributed by atoms with van der Waals surface area (Å²) in [7, 11) is 3.86. The zero-order valence-corrected chi connectivity index (χ0v) is 20.4. The molecule has 1 aromatic carbocycles. The van der Waals surface area contributed by atoms with Gasteiger partial charge in [0.05, 0.1) is 5.69 Å². The molecule has 2 atom stereocenters. The fourth-order valence-corrected chi connectivity index (χ4v) is 4.69. The molecule has 0 fully saturated rings. The highest BCUT2D eigenvalue weighted by Crippen LogP contribution is 2.22. The molecule has 0 spiro atoms. The average Bonchev–Trinajstić information content (AvgIpc) is 2.98. The van der Waals surface area contributed by atoms with Crippen LogP contribution in [0.4, 0.5) is 0 Å². The van der Waals surface area contributed by atoms with Crippen molar-refractivity contribution in [3.8, 4) is 0 Å². The monoisotopic (exact) mass is 424 g/mol. The number of hydrogen-bond acceptors (Lipinski definition) is 3. The van der Waals surface area contributed by atoms with Crippen LogP contribution in [0.2, 0.25) is 0 Å². The maximum Gasteiger partial charge on any atom is 0.191 e. The number of nitrogens with zero attached hydrogens (tertiary/aromatic N) is 4. The molecule has 1 aromatic heterocycles. The maximum absolute atomic E-state index is 4.55. The summed E-state index contributed by atoms with van der Waals surface area (Å²) in [6, 6.07) is 9.59. The first-order valence-corrected chi connectivity index (χ1v) is 11.6. The third kappa shape index (κ3) is 5.67. The van der Waals surface area contributed by atoms with Crippen LogP contribution in [-0.4, -0.2) is 52.9 Å². The third-order valence-corrected chi connectivity index (χ3v) is 6.65. The van der Waals surface area contributed by atoms with Crippen molar-refractivity contribution in [1.82, 2.24) is 25.3 Å². The second-order valence-corrected chi connectivity index (χ2v) is 9.28. The van der Waals surface area contributed by atoms with E-state index in [0.717, 1.165) is 44.1 Å². The highest BCUT2D eigenvalue weighted by atomic mass is 15.3. The van der Waals surface area contributed by atoms with Gasteiger partial charge in [-0.3, -0.25) is 14.6 Å². The molecule has 1 aliphatic rings. The molecule has 6 heteroatoms. The largest absolute Gasteiger partial charge is 0.355 e. The van der Waals surface area contributed by atoms with Gasteiger partial charge in [0.15, 0.2) is 5.96 Å². The first kappa shape index (κ1) is 23.3. The average molecular weight is 425 g/mol. The Morgan fingerprint density at radius 1 is 1.16 bits per heavy atom. The van der Waals surface area contributed by atoms with Gasteiger partial charge in [0.2, 0.25) is 0 Å². The van der Waals surface area contributed by atoms with Crippen LogP contribution >= 0.6 is 0 Å². The third-order valence-electron chi connectivity index (χ3n) is 6.65. The lowest BCUT2D eigenvalue weighted by atomic mass is 9.95. The number of guanidine groups is 1. The first-order chi connectivity index (χ1) is 14.8. The number of aliphatic imine (C=N–C) groups is 1. The highest BCUT2D eigenvalue weighted by molar-refractivity contribution is 5.80. The Bertz CT molecular complexity index is 897. The molecule has 0 aliphatic carbocycles. The normalized spacial score (nSPS) is 16.8. The van der Waals surface area contributed by atoms with Gasteiger partial charge in [-0.1, -0.05) is 38.1 Å². The van der Waals surface area contributed by atoms with Crippen molar-refractivity contribution in [2.75, 3.05) is 20.1 Å². The SMILES string of the molecule is CN=C(NCC(C(C)C)N1CCc2ccccc2C1)NC(C)Cc1c(C)nn(C)c1C. The minimum absolute atomic E-state index is 0.271. The Hall–Kier alpha value is -2.34. The number of rotatable bonds is 7. The Balaban J connectivity index is 1.58. The van der Waals surface area contributed by atoms with Crippen molar-refractivity contribution in [3.05, 3.63) is 52.3 Å². The summed E-state index contributed by atoms with van der Waals surface area (Å²) in [5.74, 6) is 1.43. The van der Waals surface area contributed by atoms with Crippen molar-refractivity contribution in [3.63, 3.8) is 0 Å². The van der Waals surface area contributed by atoms with E-state index in [0.29, 0.717) is 12.0 Å². The molecule has 2 unspecified atom stereocenters. The molecule has 2 aromatic rings. The van der Waals surface area contributed by atoms with E-state index in [9.17, 15) is 0 Å². The molecule has 6 nitrogen and oxygen atoms in total. The van der Waals surface area contributed by atoms with Crippen LogP contribution in [0.15, 0.2) is 29.3 Å². The predicted octanol–water partition coefficient (Wildman–Crippen LogP) is 3.22. The second-order valence-electron chi connectivity index (χ2n) is 9.28. The lowest BCUT2D eigenvalue weighted by molar-refractivity contribution is 0.140. The van der Waals surface area contributed by atoms with Gasteiger partial charge < -0.3 is 10.6 Å². The number of fused-ring (bicyclic) bond motifs is 1. The Kier molecular flexibility index (Phi) is 7.76. The van der Waals surface area contributed by atoms with Gasteiger partial charge in [0.25, 0.3) is 0 Å². The van der Waals surface area contributed by atoms with Crippen LogP contribution < -0.4 is 10.6 Å². The van der Waals surface area contributed by atoms with Crippen LogP contribution in [-0.2, 0) is 26.4 Å². The van der Waals surface area contributed by atoms with Gasteiger partial charge in [0.1, 0.15) is 0 Å². The Morgan fingerprint density at radius 2 is 1.87 bits per heavy atom. The molecule has 2 heterocycles. The summed E-state index contributed by atoms with van der Waals surface area (Å²) in [6.07, 6.45) is 2.07. The van der Waals surface area contributed by atoms with Gasteiger partial charge in [-0.05, 0) is 56.2 Å². The van der Waals surface area contributed by atoms with Crippen LogP contribution in [0, 0.1) is 19.8 Å². The summed E-state index contributed by atoms with van der Waals surface area (Å²) < 4.78 is 1.97. The number of nitrogens with one attached hydrogen (secondary N) is 2. The predicted molar refractivity (Wildman–Crippen MR) is 130 cm³/mol. The summed E-state index contributed by atoms with van der Waals surface area (Å²) >= 11 is 0. The number of benzene rings is 1. The van der Waals surface area contributed by atoms with Crippen LogP contribution in [0.3, 0.4) is 0 Å². The molecule has 31 heavy (non-hydrogen) atoms. The van der Waals surface area contributed by atoms with E-state index in [1.165, 1.54) is 22.4 Å². The Morgan fingerprint density at radius 3 is 2.48 bits per heavy atom. The molecular weight excluding hydrogens is 384 g/mol. The van der Waals surface area contributed by atoms with Gasteiger partial charge in [-0.15, -0.1) is 0 Å². The van der Waals surface area contributed by atoms with Crippen molar-refractivity contribution >= 4 is 5.96 Å². The molecule has 2 N–H and O–H groups in total. The molecule has 0 bridgehead atoms. The lowest BCUT2D eigenvalue weighted by Crippen LogP contribution is -2.51. The van der Waals surface area contributed by atoms with E-state index in [2.05, 4.69) is 84.5 Å². The molecule has 0 saturated carbocycles.